The molecule has 1 N–H and O–H groups in total. The Morgan fingerprint density at radius 3 is 2.60 bits per heavy atom. The molecular formula is C25H27FN4O5. The monoisotopic (exact) mass is 482 g/mol. The van der Waals surface area contributed by atoms with Crippen LogP contribution in [0.3, 0.4) is 0 Å². The number of benzene rings is 2. The highest BCUT2D eigenvalue weighted by molar-refractivity contribution is 6.08. The predicted molar refractivity (Wildman–Crippen MR) is 124 cm³/mol. The SMILES string of the molecule is CCOC(=O)[C@H]1C(=O)NC(N2CCN(Cc3ccc4c(c3)OCO4)CC2)=N[C@@H]1c1ccc(F)cc1. The molecule has 10 heteroatoms. The molecule has 35 heavy (non-hydrogen) atoms. The minimum atomic E-state index is -1.13. The van der Waals surface area contributed by atoms with Crippen molar-refractivity contribution in [2.75, 3.05) is 39.6 Å². The summed E-state index contributed by atoms with van der Waals surface area (Å²) in [5.74, 6) is -0.681. The van der Waals surface area contributed by atoms with Crippen LogP contribution in [0.2, 0.25) is 0 Å². The number of hydrogen-bond donors (Lipinski definition) is 1. The van der Waals surface area contributed by atoms with E-state index in [9.17, 15) is 14.0 Å². The van der Waals surface area contributed by atoms with E-state index >= 15 is 0 Å². The summed E-state index contributed by atoms with van der Waals surface area (Å²) in [4.78, 5) is 34.6. The van der Waals surface area contributed by atoms with Gasteiger partial charge in [-0.05, 0) is 42.3 Å². The molecule has 0 spiro atoms. The van der Waals surface area contributed by atoms with Gasteiger partial charge in [-0.15, -0.1) is 0 Å². The van der Waals surface area contributed by atoms with Crippen LogP contribution in [-0.2, 0) is 20.9 Å². The number of carbonyl (C=O) groups is 2. The summed E-state index contributed by atoms with van der Waals surface area (Å²) >= 11 is 0. The third-order valence-electron chi connectivity index (χ3n) is 6.36. The number of halogens is 1. The number of amides is 1. The van der Waals surface area contributed by atoms with Gasteiger partial charge in [0, 0.05) is 32.7 Å². The van der Waals surface area contributed by atoms with Crippen molar-refractivity contribution in [3.63, 3.8) is 0 Å². The number of fused-ring (bicyclic) bond motifs is 1. The van der Waals surface area contributed by atoms with Gasteiger partial charge in [0.15, 0.2) is 17.4 Å². The first-order valence-electron chi connectivity index (χ1n) is 11.7. The Kier molecular flexibility index (Phi) is 6.54. The Morgan fingerprint density at radius 2 is 1.86 bits per heavy atom. The van der Waals surface area contributed by atoms with Crippen molar-refractivity contribution < 1.29 is 28.2 Å². The summed E-state index contributed by atoms with van der Waals surface area (Å²) in [6.45, 7) is 5.71. The molecule has 5 rings (SSSR count). The highest BCUT2D eigenvalue weighted by atomic mass is 19.1. The van der Waals surface area contributed by atoms with E-state index in [-0.39, 0.29) is 13.4 Å². The molecule has 1 saturated heterocycles. The Bertz CT molecular complexity index is 1130. The maximum Gasteiger partial charge on any atom is 0.321 e. The number of piperazine rings is 1. The van der Waals surface area contributed by atoms with E-state index in [1.807, 2.05) is 23.1 Å². The number of aliphatic imine (C=N–C) groups is 1. The van der Waals surface area contributed by atoms with Crippen molar-refractivity contribution in [2.45, 2.75) is 19.5 Å². The lowest BCUT2D eigenvalue weighted by Gasteiger charge is -2.39. The summed E-state index contributed by atoms with van der Waals surface area (Å²) in [5.41, 5.74) is 1.72. The highest BCUT2D eigenvalue weighted by Crippen LogP contribution is 2.33. The standard InChI is InChI=1S/C25H27FN4O5/c1-2-33-24(32)21-22(17-4-6-18(26)7-5-17)27-25(28-23(21)31)30-11-9-29(10-12-30)14-16-3-8-19-20(13-16)35-15-34-19/h3-8,13,21-22H,2,9-12,14-15H2,1H3,(H,27,28,31)/t21-,22-/m1/s1. The number of ether oxygens (including phenoxy) is 3. The van der Waals surface area contributed by atoms with Crippen molar-refractivity contribution >= 4 is 17.8 Å². The number of rotatable bonds is 5. The van der Waals surface area contributed by atoms with Gasteiger partial charge in [-0.25, -0.2) is 9.38 Å². The average molecular weight is 483 g/mol. The summed E-state index contributed by atoms with van der Waals surface area (Å²) in [7, 11) is 0. The number of nitrogens with zero attached hydrogens (tertiary/aromatic N) is 3. The van der Waals surface area contributed by atoms with Crippen molar-refractivity contribution in [3.05, 3.63) is 59.4 Å². The highest BCUT2D eigenvalue weighted by Gasteiger charge is 2.42. The van der Waals surface area contributed by atoms with Crippen LogP contribution in [0.25, 0.3) is 0 Å². The van der Waals surface area contributed by atoms with Crippen LogP contribution in [-0.4, -0.2) is 67.2 Å². The molecule has 0 aromatic heterocycles. The molecule has 3 heterocycles. The lowest BCUT2D eigenvalue weighted by Crippen LogP contribution is -2.57. The van der Waals surface area contributed by atoms with Gasteiger partial charge >= 0.3 is 5.97 Å². The van der Waals surface area contributed by atoms with E-state index in [0.717, 1.165) is 36.7 Å². The first-order valence-corrected chi connectivity index (χ1v) is 11.7. The normalized spacial score (nSPS) is 21.9. The quantitative estimate of drug-likeness (QED) is 0.515. The van der Waals surface area contributed by atoms with E-state index in [1.54, 1.807) is 19.1 Å². The summed E-state index contributed by atoms with van der Waals surface area (Å²) in [5, 5.41) is 2.79. The van der Waals surface area contributed by atoms with E-state index in [4.69, 9.17) is 19.2 Å². The van der Waals surface area contributed by atoms with Gasteiger partial charge in [0.2, 0.25) is 18.7 Å². The molecule has 1 amide bonds. The molecule has 184 valence electrons. The maximum absolute atomic E-state index is 13.5. The fourth-order valence-electron chi connectivity index (χ4n) is 4.54. The predicted octanol–water partition coefficient (Wildman–Crippen LogP) is 2.08. The van der Waals surface area contributed by atoms with Crippen LogP contribution in [0.15, 0.2) is 47.5 Å². The second kappa shape index (κ2) is 9.91. The molecule has 0 saturated carbocycles. The first kappa shape index (κ1) is 23.1. The number of hydrogen-bond acceptors (Lipinski definition) is 8. The van der Waals surface area contributed by atoms with Crippen LogP contribution in [0.5, 0.6) is 11.5 Å². The Balaban J connectivity index is 1.29. The molecule has 3 aliphatic rings. The summed E-state index contributed by atoms with van der Waals surface area (Å²) < 4.78 is 29.5. The summed E-state index contributed by atoms with van der Waals surface area (Å²) in [6.07, 6.45) is 0. The zero-order valence-corrected chi connectivity index (χ0v) is 19.4. The number of guanidine groups is 1. The van der Waals surface area contributed by atoms with E-state index in [2.05, 4.69) is 10.2 Å². The summed E-state index contributed by atoms with van der Waals surface area (Å²) in [6, 6.07) is 10.9. The molecule has 0 radical (unpaired) electrons. The van der Waals surface area contributed by atoms with Crippen molar-refractivity contribution in [1.29, 1.82) is 0 Å². The molecule has 1 fully saturated rings. The van der Waals surface area contributed by atoms with Gasteiger partial charge in [0.1, 0.15) is 11.9 Å². The molecule has 2 aromatic carbocycles. The van der Waals surface area contributed by atoms with Gasteiger partial charge in [0.05, 0.1) is 6.61 Å². The smallest absolute Gasteiger partial charge is 0.321 e. The van der Waals surface area contributed by atoms with Crippen LogP contribution in [0, 0.1) is 11.7 Å². The fourth-order valence-corrected chi connectivity index (χ4v) is 4.54. The molecule has 2 aromatic rings. The topological polar surface area (TPSA) is 92.7 Å². The molecule has 0 unspecified atom stereocenters. The zero-order chi connectivity index (χ0) is 24.4. The molecule has 9 nitrogen and oxygen atoms in total. The Hall–Kier alpha value is -3.66. The van der Waals surface area contributed by atoms with Gasteiger partial charge in [-0.3, -0.25) is 19.8 Å². The van der Waals surface area contributed by atoms with E-state index in [0.29, 0.717) is 24.6 Å². The van der Waals surface area contributed by atoms with Crippen LogP contribution in [0.1, 0.15) is 24.1 Å². The van der Waals surface area contributed by atoms with Crippen molar-refractivity contribution in [1.82, 2.24) is 15.1 Å². The fraction of sp³-hybridized carbons (Fsp3) is 0.400. The second-order valence-corrected chi connectivity index (χ2v) is 8.62. The molecular weight excluding hydrogens is 455 g/mol. The van der Waals surface area contributed by atoms with E-state index in [1.165, 1.54) is 12.1 Å². The lowest BCUT2D eigenvalue weighted by molar-refractivity contribution is -0.153. The number of esters is 1. The molecule has 0 bridgehead atoms. The van der Waals surface area contributed by atoms with Crippen LogP contribution in [0.4, 0.5) is 4.39 Å². The number of nitrogens with one attached hydrogen (secondary N) is 1. The Labute approximate surface area is 202 Å². The lowest BCUT2D eigenvalue weighted by atomic mass is 9.91. The molecule has 2 atom stereocenters. The molecule has 3 aliphatic heterocycles. The van der Waals surface area contributed by atoms with Crippen LogP contribution >= 0.6 is 0 Å². The Morgan fingerprint density at radius 1 is 1.11 bits per heavy atom. The minimum absolute atomic E-state index is 0.153. The number of carbonyl (C=O) groups excluding carboxylic acids is 2. The third kappa shape index (κ3) is 4.93. The van der Waals surface area contributed by atoms with Gasteiger partial charge in [-0.1, -0.05) is 18.2 Å². The minimum Gasteiger partial charge on any atom is -0.465 e. The zero-order valence-electron chi connectivity index (χ0n) is 19.4. The van der Waals surface area contributed by atoms with E-state index < -0.39 is 29.7 Å². The maximum atomic E-state index is 13.5. The largest absolute Gasteiger partial charge is 0.465 e. The van der Waals surface area contributed by atoms with Gasteiger partial charge in [-0.2, -0.15) is 0 Å². The molecule has 0 aliphatic carbocycles. The average Bonchev–Trinajstić information content (AvgIpc) is 3.32. The second-order valence-electron chi connectivity index (χ2n) is 8.62. The third-order valence-corrected chi connectivity index (χ3v) is 6.36. The van der Waals surface area contributed by atoms with Gasteiger partial charge in [0.25, 0.3) is 0 Å². The van der Waals surface area contributed by atoms with Crippen molar-refractivity contribution in [3.8, 4) is 11.5 Å². The van der Waals surface area contributed by atoms with Gasteiger partial charge < -0.3 is 19.1 Å². The van der Waals surface area contributed by atoms with Crippen molar-refractivity contribution in [2.24, 2.45) is 10.9 Å². The first-order chi connectivity index (χ1) is 17.0. The van der Waals surface area contributed by atoms with Crippen LogP contribution < -0.4 is 14.8 Å².